The number of hydrogen-bond acceptors (Lipinski definition) is 3. The second-order valence-electron chi connectivity index (χ2n) is 6.59. The van der Waals surface area contributed by atoms with Crippen LogP contribution < -0.4 is 4.72 Å². The van der Waals surface area contributed by atoms with E-state index in [9.17, 15) is 13.2 Å². The van der Waals surface area contributed by atoms with E-state index in [-0.39, 0.29) is 11.7 Å². The number of hydrogen-bond donors (Lipinski definition) is 1. The van der Waals surface area contributed by atoms with E-state index in [1.807, 2.05) is 24.3 Å². The summed E-state index contributed by atoms with van der Waals surface area (Å²) in [4.78, 5) is 14.8. The molecule has 0 unspecified atom stereocenters. The van der Waals surface area contributed by atoms with Crippen molar-refractivity contribution in [2.75, 3.05) is 13.1 Å². The summed E-state index contributed by atoms with van der Waals surface area (Å²) in [7, 11) is -3.66. The third-order valence-corrected chi connectivity index (χ3v) is 5.85. The van der Waals surface area contributed by atoms with Gasteiger partial charge in [0.15, 0.2) is 0 Å². The fraction of sp³-hybridized carbons (Fsp3) is 0.350. The summed E-state index contributed by atoms with van der Waals surface area (Å²) in [5.41, 5.74) is 1.36. The first-order valence-electron chi connectivity index (χ1n) is 8.93. The van der Waals surface area contributed by atoms with Crippen LogP contribution >= 0.6 is 0 Å². The highest BCUT2D eigenvalue weighted by molar-refractivity contribution is 7.88. The SMILES string of the molecule is O=C([C@@H](NS(=O)(=O)Cc1ccccc1)c1ccccc1)N1CCCCC1. The van der Waals surface area contributed by atoms with Crippen molar-refractivity contribution >= 4 is 15.9 Å². The van der Waals surface area contributed by atoms with Crippen molar-refractivity contribution in [3.8, 4) is 0 Å². The van der Waals surface area contributed by atoms with Gasteiger partial charge in [0.05, 0.1) is 5.75 Å². The minimum absolute atomic E-state index is 0.148. The Morgan fingerprint density at radius 2 is 1.50 bits per heavy atom. The molecule has 3 rings (SSSR count). The number of piperidine rings is 1. The first-order chi connectivity index (χ1) is 12.6. The maximum absolute atomic E-state index is 13.0. The van der Waals surface area contributed by atoms with Crippen molar-refractivity contribution in [1.82, 2.24) is 9.62 Å². The van der Waals surface area contributed by atoms with Gasteiger partial charge in [0.1, 0.15) is 6.04 Å². The summed E-state index contributed by atoms with van der Waals surface area (Å²) in [6, 6.07) is 17.2. The highest BCUT2D eigenvalue weighted by Gasteiger charge is 2.30. The molecule has 0 spiro atoms. The smallest absolute Gasteiger partial charge is 0.245 e. The average molecular weight is 372 g/mol. The first kappa shape index (κ1) is 18.6. The third-order valence-electron chi connectivity index (χ3n) is 4.54. The summed E-state index contributed by atoms with van der Waals surface area (Å²) in [5.74, 6) is -0.322. The second kappa shape index (κ2) is 8.47. The molecule has 0 saturated carbocycles. The van der Waals surface area contributed by atoms with Crippen molar-refractivity contribution in [3.05, 3.63) is 71.8 Å². The Bertz CT molecular complexity index is 817. The topological polar surface area (TPSA) is 66.5 Å². The molecule has 0 bridgehead atoms. The lowest BCUT2D eigenvalue weighted by Crippen LogP contribution is -2.45. The van der Waals surface area contributed by atoms with Crippen LogP contribution in [0.1, 0.15) is 36.4 Å². The molecule has 1 saturated heterocycles. The molecule has 6 heteroatoms. The van der Waals surface area contributed by atoms with Crippen LogP contribution in [0.4, 0.5) is 0 Å². The van der Waals surface area contributed by atoms with Gasteiger partial charge in [-0.05, 0) is 30.4 Å². The van der Waals surface area contributed by atoms with Gasteiger partial charge in [-0.3, -0.25) is 4.79 Å². The van der Waals surface area contributed by atoms with Gasteiger partial charge in [-0.2, -0.15) is 4.72 Å². The predicted octanol–water partition coefficient (Wildman–Crippen LogP) is 2.86. The average Bonchev–Trinajstić information content (AvgIpc) is 2.67. The van der Waals surface area contributed by atoms with Gasteiger partial charge in [0, 0.05) is 13.1 Å². The molecule has 1 N–H and O–H groups in total. The standard InChI is InChI=1S/C20H24N2O3S/c23-20(22-14-8-3-9-15-22)19(18-12-6-2-7-13-18)21-26(24,25)16-17-10-4-1-5-11-17/h1-2,4-7,10-13,19,21H,3,8-9,14-16H2/t19-/m0/s1. The highest BCUT2D eigenvalue weighted by atomic mass is 32.2. The molecule has 0 aliphatic carbocycles. The van der Waals surface area contributed by atoms with E-state index >= 15 is 0 Å². The minimum atomic E-state index is -3.66. The molecular weight excluding hydrogens is 348 g/mol. The number of amides is 1. The van der Waals surface area contributed by atoms with Gasteiger partial charge in [-0.1, -0.05) is 60.7 Å². The summed E-state index contributed by atoms with van der Waals surface area (Å²) in [6.07, 6.45) is 3.04. The fourth-order valence-electron chi connectivity index (χ4n) is 3.22. The molecule has 2 aromatic rings. The van der Waals surface area contributed by atoms with Crippen LogP contribution in [0.5, 0.6) is 0 Å². The van der Waals surface area contributed by atoms with E-state index in [2.05, 4.69) is 4.72 Å². The van der Waals surface area contributed by atoms with Crippen LogP contribution in [0, 0.1) is 0 Å². The van der Waals surface area contributed by atoms with Crippen LogP contribution in [0.15, 0.2) is 60.7 Å². The number of carbonyl (C=O) groups excluding carboxylic acids is 1. The molecular formula is C20H24N2O3S. The Morgan fingerprint density at radius 1 is 0.923 bits per heavy atom. The van der Waals surface area contributed by atoms with E-state index in [1.54, 1.807) is 41.3 Å². The number of rotatable bonds is 6. The molecule has 1 amide bonds. The van der Waals surface area contributed by atoms with Gasteiger partial charge in [0.25, 0.3) is 0 Å². The lowest BCUT2D eigenvalue weighted by Gasteiger charge is -2.31. The van der Waals surface area contributed by atoms with Gasteiger partial charge in [-0.15, -0.1) is 0 Å². The van der Waals surface area contributed by atoms with E-state index in [0.29, 0.717) is 24.2 Å². The van der Waals surface area contributed by atoms with Crippen LogP contribution in [0.25, 0.3) is 0 Å². The van der Waals surface area contributed by atoms with Crippen LogP contribution in [0.2, 0.25) is 0 Å². The summed E-state index contributed by atoms with van der Waals surface area (Å²) in [6.45, 7) is 1.37. The van der Waals surface area contributed by atoms with Crippen molar-refractivity contribution < 1.29 is 13.2 Å². The summed E-state index contributed by atoms with van der Waals surface area (Å²) >= 11 is 0. The van der Waals surface area contributed by atoms with Gasteiger partial charge in [-0.25, -0.2) is 8.42 Å². The van der Waals surface area contributed by atoms with Crippen LogP contribution in [-0.4, -0.2) is 32.3 Å². The molecule has 1 aliphatic heterocycles. The molecule has 2 aromatic carbocycles. The van der Waals surface area contributed by atoms with E-state index in [4.69, 9.17) is 0 Å². The van der Waals surface area contributed by atoms with Crippen LogP contribution in [-0.2, 0) is 20.6 Å². The molecule has 0 aromatic heterocycles. The molecule has 1 fully saturated rings. The Balaban J connectivity index is 1.82. The third kappa shape index (κ3) is 4.93. The van der Waals surface area contributed by atoms with Gasteiger partial charge in [0.2, 0.25) is 15.9 Å². The largest absolute Gasteiger partial charge is 0.341 e. The number of nitrogens with one attached hydrogen (secondary N) is 1. The van der Waals surface area contributed by atoms with Crippen LogP contribution in [0.3, 0.4) is 0 Å². The highest BCUT2D eigenvalue weighted by Crippen LogP contribution is 2.21. The number of sulfonamides is 1. The summed E-state index contributed by atoms with van der Waals surface area (Å²) < 4.78 is 28.0. The van der Waals surface area contributed by atoms with Gasteiger partial charge < -0.3 is 4.90 Å². The Hall–Kier alpha value is -2.18. The molecule has 1 atom stereocenters. The molecule has 5 nitrogen and oxygen atoms in total. The molecule has 1 heterocycles. The number of benzene rings is 2. The predicted molar refractivity (Wildman–Crippen MR) is 102 cm³/mol. The lowest BCUT2D eigenvalue weighted by molar-refractivity contribution is -0.134. The summed E-state index contributed by atoms with van der Waals surface area (Å²) in [5, 5.41) is 0. The monoisotopic (exact) mass is 372 g/mol. The fourth-order valence-corrected chi connectivity index (χ4v) is 4.53. The zero-order valence-corrected chi connectivity index (χ0v) is 15.5. The van der Waals surface area contributed by atoms with E-state index in [1.165, 1.54) is 0 Å². The molecule has 1 aliphatic rings. The van der Waals surface area contributed by atoms with E-state index in [0.717, 1.165) is 19.3 Å². The van der Waals surface area contributed by atoms with Crippen molar-refractivity contribution in [2.45, 2.75) is 31.1 Å². The van der Waals surface area contributed by atoms with Crippen molar-refractivity contribution in [2.24, 2.45) is 0 Å². The Labute approximate surface area is 155 Å². The zero-order valence-electron chi connectivity index (χ0n) is 14.7. The van der Waals surface area contributed by atoms with Gasteiger partial charge >= 0.3 is 0 Å². The number of nitrogens with zero attached hydrogens (tertiary/aromatic N) is 1. The second-order valence-corrected chi connectivity index (χ2v) is 8.35. The normalized spacial score (nSPS) is 16.2. The minimum Gasteiger partial charge on any atom is -0.341 e. The Kier molecular flexibility index (Phi) is 6.06. The molecule has 138 valence electrons. The molecule has 26 heavy (non-hydrogen) atoms. The lowest BCUT2D eigenvalue weighted by atomic mass is 10.0. The maximum atomic E-state index is 13.0. The number of carbonyl (C=O) groups is 1. The first-order valence-corrected chi connectivity index (χ1v) is 10.6. The van der Waals surface area contributed by atoms with Crippen molar-refractivity contribution in [3.63, 3.8) is 0 Å². The van der Waals surface area contributed by atoms with E-state index < -0.39 is 16.1 Å². The molecule has 0 radical (unpaired) electrons. The zero-order chi connectivity index (χ0) is 18.4. The van der Waals surface area contributed by atoms with Crippen molar-refractivity contribution in [1.29, 1.82) is 0 Å². The number of likely N-dealkylation sites (tertiary alicyclic amines) is 1. The quantitative estimate of drug-likeness (QED) is 0.848. The Morgan fingerprint density at radius 3 is 2.12 bits per heavy atom. The maximum Gasteiger partial charge on any atom is 0.245 e.